The van der Waals surface area contributed by atoms with Gasteiger partial charge in [-0.1, -0.05) is 6.42 Å². The van der Waals surface area contributed by atoms with E-state index in [2.05, 4.69) is 10.2 Å². The number of hydrogen-bond acceptors (Lipinski definition) is 4. The molecule has 1 N–H and O–H groups in total. The number of halogens is 1. The molecule has 1 aromatic carbocycles. The summed E-state index contributed by atoms with van der Waals surface area (Å²) in [4.78, 5) is 14.5. The Kier molecular flexibility index (Phi) is 5.46. The molecule has 0 radical (unpaired) electrons. The monoisotopic (exact) mass is 322 g/mol. The molecule has 2 saturated heterocycles. The van der Waals surface area contributed by atoms with Gasteiger partial charge in [0.15, 0.2) is 6.61 Å². The number of benzene rings is 1. The fourth-order valence-electron chi connectivity index (χ4n) is 3.22. The van der Waals surface area contributed by atoms with Gasteiger partial charge in [-0.05, 0) is 50.2 Å². The quantitative estimate of drug-likeness (QED) is 0.894. The third kappa shape index (κ3) is 4.42. The average molecular weight is 322 g/mol. The summed E-state index contributed by atoms with van der Waals surface area (Å²) in [5.74, 6) is -0.0158. The molecule has 5 nitrogen and oxygen atoms in total. The van der Waals surface area contributed by atoms with Crippen LogP contribution in [0.2, 0.25) is 0 Å². The SMILES string of the molecule is O=C(COc1ccc(F)cc1)N[C@@H]1COC[C@H]1N1CCCCC1. The number of rotatable bonds is 5. The predicted octanol–water partition coefficient (Wildman–Crippen LogP) is 1.57. The summed E-state index contributed by atoms with van der Waals surface area (Å²) in [7, 11) is 0. The van der Waals surface area contributed by atoms with Crippen LogP contribution in [0, 0.1) is 5.82 Å². The standard InChI is InChI=1S/C17H23FN2O3/c18-13-4-6-14(7-5-13)23-12-17(21)19-15-10-22-11-16(15)20-8-2-1-3-9-20/h4-7,15-16H,1-3,8-12H2,(H,19,21)/t15-,16-/m1/s1. The van der Waals surface area contributed by atoms with Crippen LogP contribution < -0.4 is 10.1 Å². The Hall–Kier alpha value is -1.66. The predicted molar refractivity (Wildman–Crippen MR) is 83.9 cm³/mol. The number of nitrogens with zero attached hydrogens (tertiary/aromatic N) is 1. The Morgan fingerprint density at radius 3 is 2.70 bits per heavy atom. The summed E-state index contributed by atoms with van der Waals surface area (Å²) in [5.41, 5.74) is 0. The maximum absolute atomic E-state index is 12.8. The summed E-state index contributed by atoms with van der Waals surface area (Å²) in [6.07, 6.45) is 3.71. The second-order valence-electron chi connectivity index (χ2n) is 6.12. The zero-order valence-electron chi connectivity index (χ0n) is 13.2. The molecule has 1 amide bonds. The minimum absolute atomic E-state index is 0.0115. The van der Waals surface area contributed by atoms with Crippen LogP contribution >= 0.6 is 0 Å². The molecule has 0 unspecified atom stereocenters. The van der Waals surface area contributed by atoms with Crippen LogP contribution in [-0.2, 0) is 9.53 Å². The summed E-state index contributed by atoms with van der Waals surface area (Å²) < 4.78 is 23.8. The highest BCUT2D eigenvalue weighted by Gasteiger charge is 2.34. The molecule has 2 heterocycles. The number of carbonyl (C=O) groups excluding carboxylic acids is 1. The second-order valence-corrected chi connectivity index (χ2v) is 6.12. The number of hydrogen-bond donors (Lipinski definition) is 1. The Morgan fingerprint density at radius 2 is 1.96 bits per heavy atom. The maximum atomic E-state index is 12.8. The molecule has 3 rings (SSSR count). The minimum Gasteiger partial charge on any atom is -0.484 e. The lowest BCUT2D eigenvalue weighted by Crippen LogP contribution is -2.53. The molecule has 0 aliphatic carbocycles. The number of piperidine rings is 1. The first kappa shape index (κ1) is 16.2. The molecule has 2 aliphatic heterocycles. The lowest BCUT2D eigenvalue weighted by Gasteiger charge is -2.34. The maximum Gasteiger partial charge on any atom is 0.258 e. The van der Waals surface area contributed by atoms with Gasteiger partial charge in [0, 0.05) is 0 Å². The molecular formula is C17H23FN2O3. The van der Waals surface area contributed by atoms with E-state index in [4.69, 9.17) is 9.47 Å². The van der Waals surface area contributed by atoms with Crippen molar-refractivity contribution in [2.45, 2.75) is 31.3 Å². The second kappa shape index (κ2) is 7.75. The van der Waals surface area contributed by atoms with E-state index in [-0.39, 0.29) is 30.4 Å². The third-order valence-electron chi connectivity index (χ3n) is 4.44. The highest BCUT2D eigenvalue weighted by molar-refractivity contribution is 5.78. The number of ether oxygens (including phenoxy) is 2. The largest absolute Gasteiger partial charge is 0.484 e. The van der Waals surface area contributed by atoms with Gasteiger partial charge in [0.2, 0.25) is 0 Å². The Bertz CT molecular complexity index is 517. The van der Waals surface area contributed by atoms with Gasteiger partial charge in [-0.3, -0.25) is 9.69 Å². The molecule has 0 saturated carbocycles. The molecule has 1 aromatic rings. The average Bonchev–Trinajstić information content (AvgIpc) is 3.03. The van der Waals surface area contributed by atoms with E-state index in [0.717, 1.165) is 13.1 Å². The topological polar surface area (TPSA) is 50.8 Å². The van der Waals surface area contributed by atoms with Crippen molar-refractivity contribution in [1.29, 1.82) is 0 Å². The van der Waals surface area contributed by atoms with Crippen molar-refractivity contribution in [2.75, 3.05) is 32.9 Å². The highest BCUT2D eigenvalue weighted by atomic mass is 19.1. The highest BCUT2D eigenvalue weighted by Crippen LogP contribution is 2.19. The van der Waals surface area contributed by atoms with Gasteiger partial charge in [-0.15, -0.1) is 0 Å². The first-order valence-electron chi connectivity index (χ1n) is 8.22. The smallest absolute Gasteiger partial charge is 0.258 e. The van der Waals surface area contributed by atoms with E-state index < -0.39 is 0 Å². The van der Waals surface area contributed by atoms with E-state index in [1.807, 2.05) is 0 Å². The van der Waals surface area contributed by atoms with Crippen molar-refractivity contribution in [3.63, 3.8) is 0 Å². The number of amides is 1. The number of likely N-dealkylation sites (tertiary alicyclic amines) is 1. The van der Waals surface area contributed by atoms with E-state index in [1.54, 1.807) is 0 Å². The van der Waals surface area contributed by atoms with Crippen molar-refractivity contribution >= 4 is 5.91 Å². The molecule has 2 atom stereocenters. The van der Waals surface area contributed by atoms with E-state index >= 15 is 0 Å². The van der Waals surface area contributed by atoms with Gasteiger partial charge in [-0.25, -0.2) is 4.39 Å². The minimum atomic E-state index is -0.325. The normalized spacial score (nSPS) is 25.3. The Labute approximate surface area is 135 Å². The molecule has 126 valence electrons. The molecule has 0 spiro atoms. The van der Waals surface area contributed by atoms with Gasteiger partial charge >= 0.3 is 0 Å². The van der Waals surface area contributed by atoms with Gasteiger partial charge in [0.25, 0.3) is 5.91 Å². The van der Waals surface area contributed by atoms with E-state index in [1.165, 1.54) is 43.5 Å². The van der Waals surface area contributed by atoms with Crippen LogP contribution in [0.5, 0.6) is 5.75 Å². The third-order valence-corrected chi connectivity index (χ3v) is 4.44. The van der Waals surface area contributed by atoms with Crippen LogP contribution in [0.4, 0.5) is 4.39 Å². The summed E-state index contributed by atoms with van der Waals surface area (Å²) in [6.45, 7) is 3.29. The van der Waals surface area contributed by atoms with Crippen LogP contribution in [0.1, 0.15) is 19.3 Å². The molecule has 2 aliphatic rings. The zero-order valence-corrected chi connectivity index (χ0v) is 13.2. The molecular weight excluding hydrogens is 299 g/mol. The summed E-state index contributed by atoms with van der Waals surface area (Å²) >= 11 is 0. The Balaban J connectivity index is 1.47. The van der Waals surface area contributed by atoms with Crippen molar-refractivity contribution in [3.8, 4) is 5.75 Å². The molecule has 6 heteroatoms. The summed E-state index contributed by atoms with van der Waals surface area (Å²) in [6, 6.07) is 5.91. The van der Waals surface area contributed by atoms with Gasteiger partial charge in [0.1, 0.15) is 11.6 Å². The first-order chi connectivity index (χ1) is 11.2. The van der Waals surface area contributed by atoms with Crippen molar-refractivity contribution < 1.29 is 18.7 Å². The number of nitrogens with one attached hydrogen (secondary N) is 1. The number of carbonyl (C=O) groups is 1. The lowest BCUT2D eigenvalue weighted by molar-refractivity contribution is -0.124. The summed E-state index contributed by atoms with van der Waals surface area (Å²) in [5, 5.41) is 3.00. The van der Waals surface area contributed by atoms with Gasteiger partial charge in [-0.2, -0.15) is 0 Å². The first-order valence-corrected chi connectivity index (χ1v) is 8.22. The van der Waals surface area contributed by atoms with E-state index in [9.17, 15) is 9.18 Å². The molecule has 2 fully saturated rings. The van der Waals surface area contributed by atoms with Crippen molar-refractivity contribution in [1.82, 2.24) is 10.2 Å². The van der Waals surface area contributed by atoms with Crippen LogP contribution in [0.15, 0.2) is 24.3 Å². The molecule has 0 aromatic heterocycles. The fraction of sp³-hybridized carbons (Fsp3) is 0.588. The lowest BCUT2D eigenvalue weighted by atomic mass is 10.0. The van der Waals surface area contributed by atoms with Crippen molar-refractivity contribution in [3.05, 3.63) is 30.1 Å². The molecule has 23 heavy (non-hydrogen) atoms. The molecule has 0 bridgehead atoms. The van der Waals surface area contributed by atoms with E-state index in [0.29, 0.717) is 19.0 Å². The zero-order chi connectivity index (χ0) is 16.1. The Morgan fingerprint density at radius 1 is 1.22 bits per heavy atom. The van der Waals surface area contributed by atoms with Gasteiger partial charge < -0.3 is 14.8 Å². The van der Waals surface area contributed by atoms with Crippen molar-refractivity contribution in [2.24, 2.45) is 0 Å². The van der Waals surface area contributed by atoms with Crippen LogP contribution in [0.3, 0.4) is 0 Å². The van der Waals surface area contributed by atoms with Gasteiger partial charge in [0.05, 0.1) is 25.3 Å². The van der Waals surface area contributed by atoms with Crippen LogP contribution in [-0.4, -0.2) is 55.8 Å². The van der Waals surface area contributed by atoms with Crippen LogP contribution in [0.25, 0.3) is 0 Å². The fourth-order valence-corrected chi connectivity index (χ4v) is 3.22.